The van der Waals surface area contributed by atoms with Crippen molar-refractivity contribution in [3.8, 4) is 23.5 Å². The predicted octanol–water partition coefficient (Wildman–Crippen LogP) is 1.28. The highest BCUT2D eigenvalue weighted by Gasteiger charge is 2.00. The molecule has 0 saturated carbocycles. The first-order chi connectivity index (χ1) is 6.27. The average molecular weight is 178 g/mol. The van der Waals surface area contributed by atoms with Gasteiger partial charge in [-0.15, -0.1) is 0 Å². The molecule has 0 amide bonds. The molecule has 1 rings (SSSR count). The van der Waals surface area contributed by atoms with E-state index in [2.05, 4.69) is 5.92 Å². The summed E-state index contributed by atoms with van der Waals surface area (Å²) >= 11 is 0. The number of rotatable bonds is 2. The molecule has 3 nitrogen and oxygen atoms in total. The quantitative estimate of drug-likeness (QED) is 0.670. The molecular weight excluding hydrogens is 168 g/mol. The van der Waals surface area contributed by atoms with Gasteiger partial charge in [-0.1, -0.05) is 12.0 Å². The minimum atomic E-state index is 0.100. The molecule has 1 aromatic carbocycles. The van der Waals surface area contributed by atoms with E-state index in [4.69, 9.17) is 9.84 Å². The maximum Gasteiger partial charge on any atom is 0.160 e. The van der Waals surface area contributed by atoms with Gasteiger partial charge in [0, 0.05) is 6.42 Å². The summed E-state index contributed by atoms with van der Waals surface area (Å²) in [7, 11) is 1.48. The number of hydrogen-bond donors (Lipinski definition) is 2. The van der Waals surface area contributed by atoms with Crippen LogP contribution in [0.2, 0.25) is 0 Å². The van der Waals surface area contributed by atoms with Crippen molar-refractivity contribution >= 4 is 0 Å². The number of aromatic hydroxyl groups is 1. The second-order valence-corrected chi connectivity index (χ2v) is 2.47. The summed E-state index contributed by atoms with van der Waals surface area (Å²) in [6.45, 7) is 0. The molecule has 0 fully saturated rings. The highest BCUT2D eigenvalue weighted by atomic mass is 16.5. The lowest BCUT2D eigenvalue weighted by molar-refractivity contribution is 0.373. The Morgan fingerprint density at radius 1 is 1.46 bits per heavy atom. The smallest absolute Gasteiger partial charge is 0.160 e. The van der Waals surface area contributed by atoms with Crippen molar-refractivity contribution in [1.29, 1.82) is 0 Å². The monoisotopic (exact) mass is 178 g/mol. The van der Waals surface area contributed by atoms with E-state index in [0.29, 0.717) is 12.2 Å². The molecule has 13 heavy (non-hydrogen) atoms. The highest BCUT2D eigenvalue weighted by molar-refractivity contribution is 5.42. The van der Waals surface area contributed by atoms with E-state index in [-0.39, 0.29) is 5.75 Å². The molecule has 0 unspecified atom stereocenters. The zero-order valence-corrected chi connectivity index (χ0v) is 7.24. The van der Waals surface area contributed by atoms with E-state index >= 15 is 0 Å². The topological polar surface area (TPSA) is 49.7 Å². The van der Waals surface area contributed by atoms with Crippen LogP contribution in [0, 0.1) is 12.0 Å². The van der Waals surface area contributed by atoms with Gasteiger partial charge in [0.1, 0.15) is 6.11 Å². The molecule has 1 aromatic rings. The van der Waals surface area contributed by atoms with E-state index in [1.807, 2.05) is 6.11 Å². The van der Waals surface area contributed by atoms with Crippen LogP contribution in [0.4, 0.5) is 0 Å². The van der Waals surface area contributed by atoms with Gasteiger partial charge in [-0.3, -0.25) is 0 Å². The van der Waals surface area contributed by atoms with E-state index < -0.39 is 0 Å². The summed E-state index contributed by atoms with van der Waals surface area (Å²) < 4.78 is 4.90. The largest absolute Gasteiger partial charge is 0.504 e. The van der Waals surface area contributed by atoms with Gasteiger partial charge in [-0.05, 0) is 17.7 Å². The number of aliphatic hydroxyl groups is 1. The first-order valence-electron chi connectivity index (χ1n) is 3.75. The average Bonchev–Trinajstić information content (AvgIpc) is 2.16. The SMILES string of the molecule is COc1cc(CC#CO)ccc1O. The van der Waals surface area contributed by atoms with Gasteiger partial charge >= 0.3 is 0 Å². The van der Waals surface area contributed by atoms with E-state index in [0.717, 1.165) is 5.56 Å². The van der Waals surface area contributed by atoms with Gasteiger partial charge in [0.2, 0.25) is 0 Å². The molecule has 0 aliphatic heterocycles. The van der Waals surface area contributed by atoms with E-state index in [9.17, 15) is 5.11 Å². The zero-order valence-electron chi connectivity index (χ0n) is 7.24. The Labute approximate surface area is 76.6 Å². The van der Waals surface area contributed by atoms with Gasteiger partial charge in [-0.25, -0.2) is 0 Å². The Balaban J connectivity index is 2.90. The van der Waals surface area contributed by atoms with Crippen LogP contribution >= 0.6 is 0 Å². The molecule has 0 atom stereocenters. The van der Waals surface area contributed by atoms with Crippen molar-refractivity contribution in [2.24, 2.45) is 0 Å². The fourth-order valence-corrected chi connectivity index (χ4v) is 0.974. The third kappa shape index (κ3) is 2.31. The van der Waals surface area contributed by atoms with Crippen LogP contribution in [0.3, 0.4) is 0 Å². The molecule has 0 aliphatic rings. The van der Waals surface area contributed by atoms with Crippen molar-refractivity contribution in [1.82, 2.24) is 0 Å². The summed E-state index contributed by atoms with van der Waals surface area (Å²) in [4.78, 5) is 0. The van der Waals surface area contributed by atoms with E-state index in [1.54, 1.807) is 12.1 Å². The van der Waals surface area contributed by atoms with Crippen molar-refractivity contribution in [2.75, 3.05) is 7.11 Å². The molecule has 3 heteroatoms. The Morgan fingerprint density at radius 2 is 2.23 bits per heavy atom. The van der Waals surface area contributed by atoms with Gasteiger partial charge in [0.05, 0.1) is 7.11 Å². The lowest BCUT2D eigenvalue weighted by atomic mass is 10.1. The van der Waals surface area contributed by atoms with Crippen molar-refractivity contribution in [2.45, 2.75) is 6.42 Å². The first kappa shape index (κ1) is 9.27. The lowest BCUT2D eigenvalue weighted by Gasteiger charge is -2.03. The molecule has 0 aromatic heterocycles. The Morgan fingerprint density at radius 3 is 2.85 bits per heavy atom. The minimum Gasteiger partial charge on any atom is -0.504 e. The predicted molar refractivity (Wildman–Crippen MR) is 48.1 cm³/mol. The van der Waals surface area contributed by atoms with Gasteiger partial charge in [0.25, 0.3) is 0 Å². The summed E-state index contributed by atoms with van der Waals surface area (Å²) in [6.07, 6.45) is 2.25. The molecule has 0 heterocycles. The standard InChI is InChI=1S/C10H10O3/c1-13-10-7-8(3-2-6-11)4-5-9(10)12/h4-5,7,11-12H,3H2,1H3. The summed E-state index contributed by atoms with van der Waals surface area (Å²) in [5, 5.41) is 17.5. The number of ether oxygens (including phenoxy) is 1. The van der Waals surface area contributed by atoms with Crippen LogP contribution in [0.25, 0.3) is 0 Å². The third-order valence-electron chi connectivity index (χ3n) is 1.62. The summed E-state index contributed by atoms with van der Waals surface area (Å²) in [5.41, 5.74) is 0.885. The number of methoxy groups -OCH3 is 1. The number of phenols is 1. The number of aliphatic hydroxyl groups excluding tert-OH is 1. The fourth-order valence-electron chi connectivity index (χ4n) is 0.974. The second kappa shape index (κ2) is 4.27. The van der Waals surface area contributed by atoms with Crippen LogP contribution in [0.5, 0.6) is 11.5 Å². The Kier molecular flexibility index (Phi) is 3.04. The molecule has 2 N–H and O–H groups in total. The molecule has 0 bridgehead atoms. The maximum absolute atomic E-state index is 9.25. The zero-order chi connectivity index (χ0) is 9.68. The third-order valence-corrected chi connectivity index (χ3v) is 1.62. The van der Waals surface area contributed by atoms with Crippen LogP contribution in [-0.2, 0) is 6.42 Å². The fraction of sp³-hybridized carbons (Fsp3) is 0.200. The molecule has 0 spiro atoms. The molecule has 0 saturated heterocycles. The minimum absolute atomic E-state index is 0.100. The van der Waals surface area contributed by atoms with Gasteiger partial charge < -0.3 is 14.9 Å². The van der Waals surface area contributed by atoms with Crippen LogP contribution in [0.15, 0.2) is 18.2 Å². The molecule has 0 aliphatic carbocycles. The van der Waals surface area contributed by atoms with E-state index in [1.165, 1.54) is 13.2 Å². The number of phenolic OH excluding ortho intramolecular Hbond substituents is 1. The summed E-state index contributed by atoms with van der Waals surface area (Å²) in [5.74, 6) is 3.02. The Bertz CT molecular complexity index is 347. The Hall–Kier alpha value is -1.82. The molecule has 68 valence electrons. The maximum atomic E-state index is 9.25. The van der Waals surface area contributed by atoms with Gasteiger partial charge in [0.15, 0.2) is 11.5 Å². The number of benzene rings is 1. The lowest BCUT2D eigenvalue weighted by Crippen LogP contribution is -1.87. The summed E-state index contributed by atoms with van der Waals surface area (Å²) in [6, 6.07) is 4.94. The molecular formula is C10H10O3. The van der Waals surface area contributed by atoms with Crippen molar-refractivity contribution in [3.05, 3.63) is 23.8 Å². The first-order valence-corrected chi connectivity index (χ1v) is 3.75. The van der Waals surface area contributed by atoms with Crippen LogP contribution in [0.1, 0.15) is 5.56 Å². The van der Waals surface area contributed by atoms with Crippen LogP contribution in [-0.4, -0.2) is 17.3 Å². The van der Waals surface area contributed by atoms with Crippen molar-refractivity contribution < 1.29 is 14.9 Å². The number of hydrogen-bond acceptors (Lipinski definition) is 3. The van der Waals surface area contributed by atoms with Crippen LogP contribution < -0.4 is 4.74 Å². The second-order valence-electron chi connectivity index (χ2n) is 2.47. The highest BCUT2D eigenvalue weighted by Crippen LogP contribution is 2.26. The normalized spacial score (nSPS) is 8.69. The van der Waals surface area contributed by atoms with Gasteiger partial charge in [-0.2, -0.15) is 0 Å². The molecule has 0 radical (unpaired) electrons. The van der Waals surface area contributed by atoms with Crippen molar-refractivity contribution in [3.63, 3.8) is 0 Å².